The Kier molecular flexibility index (Phi) is 11.3. The number of hydrogen-bond acceptors (Lipinski definition) is 11. The van der Waals surface area contributed by atoms with E-state index in [-0.39, 0.29) is 25.9 Å². The predicted octanol–water partition coefficient (Wildman–Crippen LogP) is -3.55. The molecule has 0 aliphatic carbocycles. The van der Waals surface area contributed by atoms with Crippen molar-refractivity contribution in [3.05, 3.63) is 0 Å². The number of likely N-dealkylation sites (tertiary alicyclic amines) is 1. The number of nitrogens with one attached hydrogen (secondary N) is 2. The van der Waals surface area contributed by atoms with E-state index in [1.807, 2.05) is 0 Å². The minimum absolute atomic E-state index is 0.00879. The second-order valence-corrected chi connectivity index (χ2v) is 9.70. The van der Waals surface area contributed by atoms with Crippen LogP contribution in [0.15, 0.2) is 0 Å². The zero-order valence-electron chi connectivity index (χ0n) is 21.0. The van der Waals surface area contributed by atoms with Crippen LogP contribution in [-0.4, -0.2) is 134 Å². The number of alkyl halides is 2. The van der Waals surface area contributed by atoms with E-state index >= 15 is 0 Å². The first-order valence-electron chi connectivity index (χ1n) is 12.4. The fraction of sp³-hybridized carbons (Fsp3) is 0.864. The molecular formula is C22H38F2N4O10. The van der Waals surface area contributed by atoms with E-state index in [0.717, 1.165) is 0 Å². The Morgan fingerprint density at radius 3 is 2.47 bits per heavy atom. The lowest BCUT2D eigenvalue weighted by Crippen LogP contribution is -2.72. The molecule has 0 spiro atoms. The van der Waals surface area contributed by atoms with Gasteiger partial charge in [0.05, 0.1) is 19.2 Å². The van der Waals surface area contributed by atoms with Crippen LogP contribution in [0.25, 0.3) is 0 Å². The van der Waals surface area contributed by atoms with Gasteiger partial charge in [0.2, 0.25) is 11.8 Å². The van der Waals surface area contributed by atoms with Gasteiger partial charge in [-0.05, 0) is 39.2 Å². The molecule has 2 aliphatic rings. The highest BCUT2D eigenvalue weighted by Gasteiger charge is 2.65. The summed E-state index contributed by atoms with van der Waals surface area (Å²) in [6, 6.07) is -2.92. The lowest BCUT2D eigenvalue weighted by atomic mass is 9.88. The summed E-state index contributed by atoms with van der Waals surface area (Å²) in [5.74, 6) is -9.96. The minimum Gasteiger partial charge on any atom is -0.480 e. The van der Waals surface area contributed by atoms with Crippen molar-refractivity contribution in [2.75, 3.05) is 26.2 Å². The molecule has 14 nitrogen and oxygen atoms in total. The quantitative estimate of drug-likeness (QED) is 0.100. The summed E-state index contributed by atoms with van der Waals surface area (Å²) < 4.78 is 34.0. The summed E-state index contributed by atoms with van der Waals surface area (Å²) in [6.07, 6.45) is -6.73. The van der Waals surface area contributed by atoms with Crippen molar-refractivity contribution in [3.8, 4) is 0 Å². The Morgan fingerprint density at radius 2 is 1.87 bits per heavy atom. The molecule has 10 N–H and O–H groups in total. The van der Waals surface area contributed by atoms with Gasteiger partial charge in [-0.1, -0.05) is 6.42 Å². The van der Waals surface area contributed by atoms with Crippen molar-refractivity contribution < 1.29 is 58.5 Å². The Bertz CT molecular complexity index is 838. The molecule has 0 radical (unpaired) electrons. The number of aliphatic hydroxyl groups is 5. The molecule has 2 amide bonds. The molecule has 38 heavy (non-hydrogen) atoms. The zero-order chi connectivity index (χ0) is 28.8. The first-order chi connectivity index (χ1) is 17.7. The molecule has 0 aromatic carbocycles. The first kappa shape index (κ1) is 32.2. The molecule has 2 aliphatic heterocycles. The fourth-order valence-electron chi connectivity index (χ4n) is 4.49. The number of aliphatic hydroxyl groups excluding tert-OH is 4. The van der Waals surface area contributed by atoms with Crippen LogP contribution in [0.5, 0.6) is 0 Å². The maximum Gasteiger partial charge on any atom is 0.326 e. The molecule has 0 aromatic rings. The van der Waals surface area contributed by atoms with Gasteiger partial charge in [-0.15, -0.1) is 0 Å². The number of rotatable bonds is 13. The molecule has 2 fully saturated rings. The smallest absolute Gasteiger partial charge is 0.326 e. The van der Waals surface area contributed by atoms with Crippen LogP contribution in [0.4, 0.5) is 8.78 Å². The third kappa shape index (κ3) is 7.12. The van der Waals surface area contributed by atoms with Gasteiger partial charge < -0.3 is 56.6 Å². The molecule has 1 unspecified atom stereocenters. The van der Waals surface area contributed by atoms with Crippen LogP contribution in [0.3, 0.4) is 0 Å². The van der Waals surface area contributed by atoms with E-state index in [4.69, 9.17) is 10.8 Å². The van der Waals surface area contributed by atoms with Gasteiger partial charge in [0, 0.05) is 6.54 Å². The summed E-state index contributed by atoms with van der Waals surface area (Å²) >= 11 is 0. The molecule has 0 aromatic heterocycles. The number of carbonyl (C=O) groups excluding carboxylic acids is 2. The number of carbonyl (C=O) groups is 3. The first-order valence-corrected chi connectivity index (χ1v) is 12.4. The topological polar surface area (TPSA) is 235 Å². The van der Waals surface area contributed by atoms with Gasteiger partial charge >= 0.3 is 11.9 Å². The average molecular weight is 557 g/mol. The standard InChI is InChI=1S/C22H38F2N4O10/c1-11(19(34)28-8-4-6-13(28)20(35)36)27-18(33)12(25)5-2-3-7-26-10-21(23,24)22(37)17(32)16(31)15(30)14(9-29)38-22/h11-17,26,29-32,37H,2-10,25H2,1H3,(H,27,33)(H,35,36)/t11-,12-,13-,14+,15-,16-,17+,22?/m0/s1. The Labute approximate surface area is 217 Å². The van der Waals surface area contributed by atoms with Crippen molar-refractivity contribution in [2.24, 2.45) is 5.73 Å². The molecule has 8 atom stereocenters. The highest BCUT2D eigenvalue weighted by Crippen LogP contribution is 2.39. The number of halogens is 2. The van der Waals surface area contributed by atoms with E-state index in [1.165, 1.54) is 11.8 Å². The normalized spacial score (nSPS) is 31.6. The van der Waals surface area contributed by atoms with Crippen molar-refractivity contribution in [3.63, 3.8) is 0 Å². The molecule has 2 heterocycles. The van der Waals surface area contributed by atoms with E-state index in [1.54, 1.807) is 0 Å². The lowest BCUT2D eigenvalue weighted by Gasteiger charge is -2.48. The Morgan fingerprint density at radius 1 is 1.21 bits per heavy atom. The van der Waals surface area contributed by atoms with Crippen LogP contribution in [0.1, 0.15) is 39.0 Å². The monoisotopic (exact) mass is 556 g/mol. The van der Waals surface area contributed by atoms with Crippen molar-refractivity contribution in [1.29, 1.82) is 0 Å². The molecule has 2 saturated heterocycles. The number of hydrogen-bond donors (Lipinski definition) is 9. The van der Waals surface area contributed by atoms with Crippen molar-refractivity contribution in [1.82, 2.24) is 15.5 Å². The zero-order valence-corrected chi connectivity index (χ0v) is 21.0. The maximum absolute atomic E-state index is 14.7. The fourth-order valence-corrected chi connectivity index (χ4v) is 4.49. The molecule has 2 rings (SSSR count). The minimum atomic E-state index is -4.13. The van der Waals surface area contributed by atoms with E-state index in [2.05, 4.69) is 15.4 Å². The maximum atomic E-state index is 14.7. The van der Waals surface area contributed by atoms with Crippen LogP contribution in [-0.2, 0) is 19.1 Å². The predicted molar refractivity (Wildman–Crippen MR) is 125 cm³/mol. The lowest BCUT2D eigenvalue weighted by molar-refractivity contribution is -0.409. The highest BCUT2D eigenvalue weighted by atomic mass is 19.3. The van der Waals surface area contributed by atoms with Gasteiger partial charge in [0.15, 0.2) is 0 Å². The molecular weight excluding hydrogens is 518 g/mol. The number of aliphatic carboxylic acids is 1. The van der Waals surface area contributed by atoms with Gasteiger partial charge in [0.1, 0.15) is 36.5 Å². The van der Waals surface area contributed by atoms with Crippen LogP contribution >= 0.6 is 0 Å². The van der Waals surface area contributed by atoms with Gasteiger partial charge in [-0.2, -0.15) is 8.78 Å². The van der Waals surface area contributed by atoms with E-state index in [0.29, 0.717) is 19.3 Å². The average Bonchev–Trinajstić information content (AvgIpc) is 3.36. The summed E-state index contributed by atoms with van der Waals surface area (Å²) in [5, 5.41) is 62.8. The van der Waals surface area contributed by atoms with E-state index in [9.17, 15) is 48.7 Å². The number of unbranched alkanes of at least 4 members (excludes halogenated alkanes) is 1. The molecule has 0 saturated carbocycles. The Hall–Kier alpha value is -2.05. The number of carboxylic acid groups (broad SMARTS) is 1. The summed E-state index contributed by atoms with van der Waals surface area (Å²) in [7, 11) is 0. The third-order valence-corrected chi connectivity index (χ3v) is 6.84. The number of nitrogens with two attached hydrogens (primary N) is 1. The summed E-state index contributed by atoms with van der Waals surface area (Å²) in [5.41, 5.74) is 5.85. The van der Waals surface area contributed by atoms with Crippen LogP contribution < -0.4 is 16.4 Å². The third-order valence-electron chi connectivity index (χ3n) is 6.84. The van der Waals surface area contributed by atoms with E-state index < -0.39 is 85.2 Å². The number of nitrogens with zero attached hydrogens (tertiary/aromatic N) is 1. The van der Waals surface area contributed by atoms with Gasteiger partial charge in [-0.3, -0.25) is 9.59 Å². The molecule has 220 valence electrons. The molecule has 0 bridgehead atoms. The number of amides is 2. The second kappa shape index (κ2) is 13.3. The van der Waals surface area contributed by atoms with Gasteiger partial charge in [-0.25, -0.2) is 4.79 Å². The number of ether oxygens (including phenoxy) is 1. The van der Waals surface area contributed by atoms with Crippen molar-refractivity contribution in [2.45, 2.75) is 93.3 Å². The largest absolute Gasteiger partial charge is 0.480 e. The highest BCUT2D eigenvalue weighted by molar-refractivity contribution is 5.91. The van der Waals surface area contributed by atoms with Crippen molar-refractivity contribution >= 4 is 17.8 Å². The SMILES string of the molecule is C[C@H](NC(=O)[C@@H](N)CCCCNCC(F)(F)C1(O)O[C@H](CO)[C@H](O)[C@H](O)[C@H]1O)C(=O)N1CCC[C@H]1C(=O)O. The van der Waals surface area contributed by atoms with Crippen LogP contribution in [0.2, 0.25) is 0 Å². The molecule has 16 heteroatoms. The number of carboxylic acids is 1. The van der Waals surface area contributed by atoms with Gasteiger partial charge in [0.25, 0.3) is 5.79 Å². The summed E-state index contributed by atoms with van der Waals surface area (Å²) in [4.78, 5) is 37.3. The van der Waals surface area contributed by atoms with Crippen LogP contribution in [0, 0.1) is 0 Å². The summed E-state index contributed by atoms with van der Waals surface area (Å²) in [6.45, 7) is -0.468. The second-order valence-electron chi connectivity index (χ2n) is 9.70. The Balaban J connectivity index is 1.74.